The molecule has 5 heteroatoms. The molecular weight excluding hydrogens is 229 g/mol. The molecular formula is C11H12FNO2S. The van der Waals surface area contributed by atoms with E-state index >= 15 is 0 Å². The largest absolute Gasteiger partial charge is 0.285 e. The number of thioether (sulfide) groups is 1. The van der Waals surface area contributed by atoms with E-state index in [9.17, 15) is 14.5 Å². The van der Waals surface area contributed by atoms with Gasteiger partial charge in [-0.25, -0.2) is 4.39 Å². The number of nitro benzene ring substituents is 1. The van der Waals surface area contributed by atoms with E-state index in [1.165, 1.54) is 36.7 Å². The van der Waals surface area contributed by atoms with Gasteiger partial charge in [-0.2, -0.15) is 0 Å². The minimum absolute atomic E-state index is 0.114. The molecule has 2 rings (SSSR count). The van der Waals surface area contributed by atoms with E-state index < -0.39 is 10.7 Å². The Morgan fingerprint density at radius 3 is 2.69 bits per heavy atom. The highest BCUT2D eigenvalue weighted by Gasteiger charge is 2.21. The molecule has 1 saturated carbocycles. The van der Waals surface area contributed by atoms with Gasteiger partial charge in [-0.05, 0) is 25.0 Å². The molecule has 1 aliphatic carbocycles. The first kappa shape index (κ1) is 11.4. The average Bonchev–Trinajstić information content (AvgIpc) is 2.73. The molecule has 0 atom stereocenters. The quantitative estimate of drug-likeness (QED) is 0.597. The van der Waals surface area contributed by atoms with Crippen LogP contribution in [-0.4, -0.2) is 10.2 Å². The van der Waals surface area contributed by atoms with Crippen LogP contribution >= 0.6 is 11.8 Å². The second kappa shape index (κ2) is 4.82. The van der Waals surface area contributed by atoms with Crippen LogP contribution in [0.5, 0.6) is 0 Å². The Kier molecular flexibility index (Phi) is 3.43. The van der Waals surface area contributed by atoms with Gasteiger partial charge in [0.15, 0.2) is 0 Å². The molecule has 0 heterocycles. The summed E-state index contributed by atoms with van der Waals surface area (Å²) in [5, 5.41) is 11.2. The van der Waals surface area contributed by atoms with E-state index in [0.29, 0.717) is 10.1 Å². The zero-order valence-corrected chi connectivity index (χ0v) is 9.50. The van der Waals surface area contributed by atoms with Gasteiger partial charge in [-0.15, -0.1) is 11.8 Å². The lowest BCUT2D eigenvalue weighted by molar-refractivity contribution is -0.387. The fourth-order valence-corrected chi connectivity index (χ4v) is 3.25. The smallest absolute Gasteiger partial charge is 0.258 e. The van der Waals surface area contributed by atoms with Crippen molar-refractivity contribution in [3.05, 3.63) is 34.1 Å². The van der Waals surface area contributed by atoms with Gasteiger partial charge in [0.1, 0.15) is 5.82 Å². The Labute approximate surface area is 97.2 Å². The summed E-state index contributed by atoms with van der Waals surface area (Å²) < 4.78 is 12.9. The molecule has 0 saturated heterocycles. The van der Waals surface area contributed by atoms with Crippen molar-refractivity contribution >= 4 is 17.4 Å². The molecule has 86 valence electrons. The third-order valence-electron chi connectivity index (χ3n) is 2.71. The standard InChI is InChI=1S/C11H12FNO2S/c12-8-5-6-11(10(7-8)13(14)15)16-9-3-1-2-4-9/h5-7,9H,1-4H2. The third-order valence-corrected chi connectivity index (χ3v) is 4.12. The molecule has 0 bridgehead atoms. The summed E-state index contributed by atoms with van der Waals surface area (Å²) in [4.78, 5) is 10.8. The van der Waals surface area contributed by atoms with Gasteiger partial charge in [-0.1, -0.05) is 12.8 Å². The maximum absolute atomic E-state index is 12.9. The first-order chi connectivity index (χ1) is 7.66. The molecule has 0 amide bonds. The van der Waals surface area contributed by atoms with Crippen LogP contribution in [0.25, 0.3) is 0 Å². The Morgan fingerprint density at radius 1 is 1.38 bits per heavy atom. The molecule has 3 nitrogen and oxygen atoms in total. The first-order valence-corrected chi connectivity index (χ1v) is 6.15. The molecule has 0 radical (unpaired) electrons. The normalized spacial score (nSPS) is 16.6. The van der Waals surface area contributed by atoms with Gasteiger partial charge in [-0.3, -0.25) is 10.1 Å². The van der Waals surface area contributed by atoms with Gasteiger partial charge in [0, 0.05) is 5.25 Å². The number of benzene rings is 1. The Morgan fingerprint density at radius 2 is 2.06 bits per heavy atom. The molecule has 1 aromatic rings. The fraction of sp³-hybridized carbons (Fsp3) is 0.455. The monoisotopic (exact) mass is 241 g/mol. The Bertz CT molecular complexity index is 405. The van der Waals surface area contributed by atoms with Gasteiger partial charge >= 0.3 is 0 Å². The van der Waals surface area contributed by atoms with E-state index in [1.54, 1.807) is 0 Å². The minimum atomic E-state index is -0.553. The van der Waals surface area contributed by atoms with Crippen LogP contribution < -0.4 is 0 Å². The molecule has 1 aliphatic rings. The summed E-state index contributed by atoms with van der Waals surface area (Å²) in [7, 11) is 0. The van der Waals surface area contributed by atoms with Crippen molar-refractivity contribution < 1.29 is 9.31 Å². The van der Waals surface area contributed by atoms with Crippen LogP contribution in [-0.2, 0) is 0 Å². The van der Waals surface area contributed by atoms with E-state index in [1.807, 2.05) is 0 Å². The van der Waals surface area contributed by atoms with Crippen molar-refractivity contribution in [3.63, 3.8) is 0 Å². The first-order valence-electron chi connectivity index (χ1n) is 5.27. The Balaban J connectivity index is 2.21. The van der Waals surface area contributed by atoms with Gasteiger partial charge in [0.2, 0.25) is 0 Å². The number of halogens is 1. The molecule has 0 spiro atoms. The third kappa shape index (κ3) is 2.52. The van der Waals surface area contributed by atoms with E-state index in [0.717, 1.165) is 18.9 Å². The van der Waals surface area contributed by atoms with Crippen molar-refractivity contribution in [3.8, 4) is 0 Å². The van der Waals surface area contributed by atoms with Crippen molar-refractivity contribution in [2.24, 2.45) is 0 Å². The zero-order valence-electron chi connectivity index (χ0n) is 8.69. The van der Waals surface area contributed by atoms with E-state index in [2.05, 4.69) is 0 Å². The van der Waals surface area contributed by atoms with Crippen LogP contribution in [0, 0.1) is 15.9 Å². The molecule has 1 fully saturated rings. The highest BCUT2D eigenvalue weighted by Crippen LogP contribution is 2.38. The summed E-state index contributed by atoms with van der Waals surface area (Å²) >= 11 is 1.51. The average molecular weight is 241 g/mol. The Hall–Kier alpha value is -1.10. The van der Waals surface area contributed by atoms with Crippen molar-refractivity contribution in [2.45, 2.75) is 35.8 Å². The van der Waals surface area contributed by atoms with Gasteiger partial charge in [0.25, 0.3) is 5.69 Å². The maximum atomic E-state index is 12.9. The van der Waals surface area contributed by atoms with Crippen LogP contribution in [0.2, 0.25) is 0 Å². The lowest BCUT2D eigenvalue weighted by atomic mass is 10.3. The summed E-state index contributed by atoms with van der Waals surface area (Å²) in [6.07, 6.45) is 4.57. The number of hydrogen-bond donors (Lipinski definition) is 0. The van der Waals surface area contributed by atoms with Gasteiger partial charge < -0.3 is 0 Å². The number of hydrogen-bond acceptors (Lipinski definition) is 3. The second-order valence-electron chi connectivity index (χ2n) is 3.89. The van der Waals surface area contributed by atoms with E-state index in [4.69, 9.17) is 0 Å². The number of nitro groups is 1. The minimum Gasteiger partial charge on any atom is -0.258 e. The van der Waals surface area contributed by atoms with E-state index in [-0.39, 0.29) is 5.69 Å². The predicted molar refractivity (Wildman–Crippen MR) is 61.2 cm³/mol. The summed E-state index contributed by atoms with van der Waals surface area (Å²) in [6, 6.07) is 3.79. The topological polar surface area (TPSA) is 43.1 Å². The molecule has 16 heavy (non-hydrogen) atoms. The summed E-state index contributed by atoms with van der Waals surface area (Å²) in [5.41, 5.74) is -0.114. The highest BCUT2D eigenvalue weighted by atomic mass is 32.2. The molecule has 0 aromatic heterocycles. The van der Waals surface area contributed by atoms with Crippen LogP contribution in [0.4, 0.5) is 10.1 Å². The fourth-order valence-electron chi connectivity index (χ4n) is 1.92. The number of rotatable bonds is 3. The molecule has 0 N–H and O–H groups in total. The lowest BCUT2D eigenvalue weighted by Gasteiger charge is -2.08. The van der Waals surface area contributed by atoms with Crippen molar-refractivity contribution in [2.75, 3.05) is 0 Å². The van der Waals surface area contributed by atoms with Crippen molar-refractivity contribution in [1.82, 2.24) is 0 Å². The number of nitrogens with zero attached hydrogens (tertiary/aromatic N) is 1. The zero-order chi connectivity index (χ0) is 11.5. The highest BCUT2D eigenvalue weighted by molar-refractivity contribution is 8.00. The maximum Gasteiger partial charge on any atom is 0.285 e. The van der Waals surface area contributed by atoms with Crippen molar-refractivity contribution in [1.29, 1.82) is 0 Å². The predicted octanol–water partition coefficient (Wildman–Crippen LogP) is 3.77. The van der Waals surface area contributed by atoms with Crippen LogP contribution in [0.3, 0.4) is 0 Å². The lowest BCUT2D eigenvalue weighted by Crippen LogP contribution is -1.97. The SMILES string of the molecule is O=[N+]([O-])c1cc(F)ccc1SC1CCCC1. The van der Waals surface area contributed by atoms with Crippen LogP contribution in [0.1, 0.15) is 25.7 Å². The van der Waals surface area contributed by atoms with Gasteiger partial charge in [0.05, 0.1) is 15.9 Å². The molecule has 1 aromatic carbocycles. The summed E-state index contributed by atoms with van der Waals surface area (Å²) in [6.45, 7) is 0. The molecule has 0 aliphatic heterocycles. The molecule has 0 unspecified atom stereocenters. The van der Waals surface area contributed by atoms with Crippen LogP contribution in [0.15, 0.2) is 23.1 Å². The summed E-state index contributed by atoms with van der Waals surface area (Å²) in [5.74, 6) is -0.553. The second-order valence-corrected chi connectivity index (χ2v) is 5.24.